The number of anilines is 1. The van der Waals surface area contributed by atoms with Crippen LogP contribution >= 0.6 is 11.3 Å². The largest absolute Gasteiger partial charge is 0.494 e. The van der Waals surface area contributed by atoms with Crippen LogP contribution in [0.5, 0.6) is 5.75 Å². The topological polar surface area (TPSA) is 107 Å². The predicted octanol–water partition coefficient (Wildman–Crippen LogP) is 4.35. The summed E-state index contributed by atoms with van der Waals surface area (Å²) in [5.41, 5.74) is 1.98. The molecular formula is C19H18N4O4S. The molecule has 1 aliphatic carbocycles. The molecule has 1 aromatic carbocycles. The van der Waals surface area contributed by atoms with Gasteiger partial charge >= 0.3 is 0 Å². The van der Waals surface area contributed by atoms with Gasteiger partial charge in [0.1, 0.15) is 16.4 Å². The lowest BCUT2D eigenvalue weighted by Gasteiger charge is -2.09. The summed E-state index contributed by atoms with van der Waals surface area (Å²) in [7, 11) is 1.40. The van der Waals surface area contributed by atoms with Crippen LogP contribution in [0.15, 0.2) is 18.2 Å². The lowest BCUT2D eigenvalue weighted by atomic mass is 10.1. The summed E-state index contributed by atoms with van der Waals surface area (Å²) in [6.07, 6.45) is 2.23. The minimum absolute atomic E-state index is 0.105. The maximum Gasteiger partial charge on any atom is 0.273 e. The summed E-state index contributed by atoms with van der Waals surface area (Å²) in [4.78, 5) is 33.9. The number of rotatable bonds is 5. The van der Waals surface area contributed by atoms with E-state index in [2.05, 4.69) is 15.3 Å². The van der Waals surface area contributed by atoms with E-state index in [1.54, 1.807) is 0 Å². The molecule has 2 aromatic heterocycles. The van der Waals surface area contributed by atoms with Crippen molar-refractivity contribution < 1.29 is 14.5 Å². The predicted molar refractivity (Wildman–Crippen MR) is 106 cm³/mol. The van der Waals surface area contributed by atoms with Crippen LogP contribution in [-0.2, 0) is 0 Å². The van der Waals surface area contributed by atoms with Crippen molar-refractivity contribution in [3.63, 3.8) is 0 Å². The molecule has 0 atom stereocenters. The first-order chi connectivity index (χ1) is 13.4. The van der Waals surface area contributed by atoms with Crippen LogP contribution < -0.4 is 10.1 Å². The number of nitro groups is 1. The van der Waals surface area contributed by atoms with Crippen LogP contribution in [0.4, 0.5) is 11.4 Å². The number of ether oxygens (including phenoxy) is 1. The van der Waals surface area contributed by atoms with Crippen molar-refractivity contribution in [3.8, 4) is 5.75 Å². The number of fused-ring (bicyclic) bond motifs is 1. The number of aryl methyl sites for hydroxylation is 2. The van der Waals surface area contributed by atoms with Crippen molar-refractivity contribution in [1.29, 1.82) is 0 Å². The number of amides is 1. The Morgan fingerprint density at radius 3 is 2.71 bits per heavy atom. The number of aromatic nitrogens is 2. The molecule has 0 saturated heterocycles. The maximum absolute atomic E-state index is 12.9. The highest BCUT2D eigenvalue weighted by molar-refractivity contribution is 7.20. The van der Waals surface area contributed by atoms with Gasteiger partial charge < -0.3 is 10.1 Å². The number of benzene rings is 1. The Bertz CT molecular complexity index is 1120. The molecule has 8 nitrogen and oxygen atoms in total. The number of hydrogen-bond acceptors (Lipinski definition) is 7. The molecule has 1 N–H and O–H groups in total. The van der Waals surface area contributed by atoms with Crippen LogP contribution in [-0.4, -0.2) is 27.9 Å². The second-order valence-corrected chi connectivity index (χ2v) is 7.77. The van der Waals surface area contributed by atoms with Gasteiger partial charge in [-0.1, -0.05) is 0 Å². The molecule has 1 aliphatic rings. The fraction of sp³-hybridized carbons (Fsp3) is 0.316. The molecule has 0 unspecified atom stereocenters. The second-order valence-electron chi connectivity index (χ2n) is 6.77. The molecular weight excluding hydrogens is 380 g/mol. The molecule has 4 rings (SSSR count). The van der Waals surface area contributed by atoms with E-state index in [-0.39, 0.29) is 17.3 Å². The summed E-state index contributed by atoms with van der Waals surface area (Å²) >= 11 is 1.33. The van der Waals surface area contributed by atoms with Crippen LogP contribution in [0.25, 0.3) is 10.2 Å². The molecule has 144 valence electrons. The van der Waals surface area contributed by atoms with Gasteiger partial charge in [-0.05, 0) is 38.3 Å². The van der Waals surface area contributed by atoms with E-state index in [9.17, 15) is 14.9 Å². The average molecular weight is 398 g/mol. The molecule has 1 fully saturated rings. The van der Waals surface area contributed by atoms with Gasteiger partial charge in [-0.15, -0.1) is 11.3 Å². The summed E-state index contributed by atoms with van der Waals surface area (Å²) in [6.45, 7) is 3.82. The number of carbonyl (C=O) groups is 1. The normalized spacial score (nSPS) is 13.5. The highest BCUT2D eigenvalue weighted by atomic mass is 32.1. The molecule has 3 aromatic rings. The average Bonchev–Trinajstić information content (AvgIpc) is 3.45. The van der Waals surface area contributed by atoms with Gasteiger partial charge in [0.05, 0.1) is 34.4 Å². The van der Waals surface area contributed by atoms with Crippen LogP contribution in [0.1, 0.15) is 45.5 Å². The van der Waals surface area contributed by atoms with Gasteiger partial charge in [-0.3, -0.25) is 14.9 Å². The number of hydrogen-bond donors (Lipinski definition) is 1. The number of nitrogens with one attached hydrogen (secondary N) is 1. The summed E-state index contributed by atoms with van der Waals surface area (Å²) in [5, 5.41) is 14.6. The smallest absolute Gasteiger partial charge is 0.273 e. The Hall–Kier alpha value is -3.07. The third-order valence-electron chi connectivity index (χ3n) is 4.78. The molecule has 28 heavy (non-hydrogen) atoms. The molecule has 0 aliphatic heterocycles. The Kier molecular flexibility index (Phi) is 4.46. The highest BCUT2D eigenvalue weighted by Gasteiger charge is 2.28. The molecule has 1 saturated carbocycles. The maximum atomic E-state index is 12.9. The third kappa shape index (κ3) is 3.18. The summed E-state index contributed by atoms with van der Waals surface area (Å²) < 4.78 is 5.19. The van der Waals surface area contributed by atoms with Crippen molar-refractivity contribution >= 4 is 38.8 Å². The minimum atomic E-state index is -0.511. The van der Waals surface area contributed by atoms with Gasteiger partial charge in [-0.2, -0.15) is 0 Å². The fourth-order valence-electron chi connectivity index (χ4n) is 3.18. The van der Waals surface area contributed by atoms with Gasteiger partial charge in [0.15, 0.2) is 0 Å². The first-order valence-corrected chi connectivity index (χ1v) is 9.62. The number of nitrogens with zero attached hydrogens (tertiary/aromatic N) is 3. The monoisotopic (exact) mass is 398 g/mol. The second kappa shape index (κ2) is 6.83. The van der Waals surface area contributed by atoms with Crippen molar-refractivity contribution in [2.75, 3.05) is 12.4 Å². The van der Waals surface area contributed by atoms with Gasteiger partial charge in [0.25, 0.3) is 11.6 Å². The van der Waals surface area contributed by atoms with E-state index < -0.39 is 4.92 Å². The quantitative estimate of drug-likeness (QED) is 0.505. The first-order valence-electron chi connectivity index (χ1n) is 8.80. The Morgan fingerprint density at radius 1 is 1.32 bits per heavy atom. The minimum Gasteiger partial charge on any atom is -0.494 e. The number of nitro benzene ring substituents is 1. The Labute approximate surface area is 164 Å². The van der Waals surface area contributed by atoms with Gasteiger partial charge in [-0.25, -0.2) is 9.97 Å². The van der Waals surface area contributed by atoms with E-state index >= 15 is 0 Å². The lowest BCUT2D eigenvalue weighted by molar-refractivity contribution is -0.384. The van der Waals surface area contributed by atoms with E-state index in [1.807, 2.05) is 13.8 Å². The van der Waals surface area contributed by atoms with Crippen molar-refractivity contribution in [3.05, 3.63) is 50.3 Å². The summed E-state index contributed by atoms with van der Waals surface area (Å²) in [6, 6.07) is 4.08. The SMILES string of the molecule is COc1cc([N+](=O)[O-])ccc1NC(=O)c1sc2nc(C3CC3)nc(C)c2c1C. The van der Waals surface area contributed by atoms with E-state index in [0.717, 1.165) is 40.1 Å². The first kappa shape index (κ1) is 18.3. The van der Waals surface area contributed by atoms with E-state index in [4.69, 9.17) is 4.74 Å². The molecule has 9 heteroatoms. The molecule has 0 spiro atoms. The van der Waals surface area contributed by atoms with Crippen LogP contribution in [0, 0.1) is 24.0 Å². The van der Waals surface area contributed by atoms with Crippen molar-refractivity contribution in [2.45, 2.75) is 32.6 Å². The standard InChI is InChI=1S/C19H18N4O4S/c1-9-15-10(2)20-17(11-4-5-11)22-19(15)28-16(9)18(24)21-13-7-6-12(23(25)26)8-14(13)27-3/h6-8,11H,4-5H2,1-3H3,(H,21,24). The highest BCUT2D eigenvalue weighted by Crippen LogP contribution is 2.40. The molecule has 2 heterocycles. The van der Waals surface area contributed by atoms with Crippen LogP contribution in [0.3, 0.4) is 0 Å². The van der Waals surface area contributed by atoms with Gasteiger partial charge in [0, 0.05) is 17.4 Å². The molecule has 0 radical (unpaired) electrons. The van der Waals surface area contributed by atoms with Crippen molar-refractivity contribution in [2.24, 2.45) is 0 Å². The number of methoxy groups -OCH3 is 1. The fourth-order valence-corrected chi connectivity index (χ4v) is 4.31. The summed E-state index contributed by atoms with van der Waals surface area (Å²) in [5.74, 6) is 1.22. The molecule has 0 bridgehead atoms. The van der Waals surface area contributed by atoms with Crippen LogP contribution in [0.2, 0.25) is 0 Å². The van der Waals surface area contributed by atoms with Crippen molar-refractivity contribution in [1.82, 2.24) is 9.97 Å². The Balaban J connectivity index is 1.68. The number of carbonyl (C=O) groups excluding carboxylic acids is 1. The third-order valence-corrected chi connectivity index (χ3v) is 5.97. The zero-order valence-corrected chi connectivity index (χ0v) is 16.4. The van der Waals surface area contributed by atoms with E-state index in [0.29, 0.717) is 16.5 Å². The zero-order chi connectivity index (χ0) is 20.0. The van der Waals surface area contributed by atoms with E-state index in [1.165, 1.54) is 36.6 Å². The number of non-ortho nitro benzene ring substituents is 1. The molecule has 1 amide bonds. The zero-order valence-electron chi connectivity index (χ0n) is 15.6. The van der Waals surface area contributed by atoms with Gasteiger partial charge in [0.2, 0.25) is 0 Å². The lowest BCUT2D eigenvalue weighted by Crippen LogP contribution is -2.12. The Morgan fingerprint density at radius 2 is 2.07 bits per heavy atom. The number of thiophene rings is 1.